The van der Waals surface area contributed by atoms with Crippen LogP contribution in [0.2, 0.25) is 0 Å². The van der Waals surface area contributed by atoms with Crippen LogP contribution in [0.15, 0.2) is 54.6 Å². The average molecular weight is 327 g/mol. The van der Waals surface area contributed by atoms with Gasteiger partial charge in [-0.15, -0.1) is 0 Å². The van der Waals surface area contributed by atoms with Crippen LogP contribution < -0.4 is 4.74 Å². The molecule has 1 fully saturated rings. The number of β-amino-alcohol motifs (C(OH)–C–C–N with tert-alkyl or cyclic N) is 1. The van der Waals surface area contributed by atoms with Crippen LogP contribution in [0.5, 0.6) is 5.75 Å². The van der Waals surface area contributed by atoms with E-state index in [0.29, 0.717) is 13.2 Å². The summed E-state index contributed by atoms with van der Waals surface area (Å²) in [6.45, 7) is 4.18. The minimum atomic E-state index is -0.493. The number of morpholine rings is 1. The van der Waals surface area contributed by atoms with Crippen LogP contribution in [0.3, 0.4) is 0 Å². The van der Waals surface area contributed by atoms with Crippen molar-refractivity contribution in [3.63, 3.8) is 0 Å². The van der Waals surface area contributed by atoms with Crippen molar-refractivity contribution in [2.45, 2.75) is 12.5 Å². The van der Waals surface area contributed by atoms with Gasteiger partial charge >= 0.3 is 0 Å². The highest BCUT2D eigenvalue weighted by atomic mass is 16.5. The Morgan fingerprint density at radius 3 is 2.50 bits per heavy atom. The first-order valence-corrected chi connectivity index (χ1v) is 8.54. The standard InChI is InChI=1S/C20H25NO3/c22-19(15-21-10-12-23-13-11-21)16-24-20-9-5-4-8-18(20)14-17-6-2-1-3-7-17/h1-9,19,22H,10-16H2. The van der Waals surface area contributed by atoms with Crippen molar-refractivity contribution in [3.05, 3.63) is 65.7 Å². The smallest absolute Gasteiger partial charge is 0.122 e. The van der Waals surface area contributed by atoms with Gasteiger partial charge in [0.05, 0.1) is 13.2 Å². The van der Waals surface area contributed by atoms with Crippen molar-refractivity contribution in [3.8, 4) is 5.75 Å². The Bertz CT molecular complexity index is 611. The average Bonchev–Trinajstić information content (AvgIpc) is 2.63. The van der Waals surface area contributed by atoms with E-state index in [1.165, 1.54) is 5.56 Å². The van der Waals surface area contributed by atoms with E-state index in [1.807, 2.05) is 36.4 Å². The fourth-order valence-corrected chi connectivity index (χ4v) is 2.93. The van der Waals surface area contributed by atoms with Crippen LogP contribution in [0.1, 0.15) is 11.1 Å². The van der Waals surface area contributed by atoms with Crippen molar-refractivity contribution in [2.24, 2.45) is 0 Å². The highest BCUT2D eigenvalue weighted by Gasteiger charge is 2.15. The van der Waals surface area contributed by atoms with Gasteiger partial charge in [0.2, 0.25) is 0 Å². The van der Waals surface area contributed by atoms with Gasteiger partial charge in [0.1, 0.15) is 18.5 Å². The molecule has 1 saturated heterocycles. The van der Waals surface area contributed by atoms with Crippen LogP contribution >= 0.6 is 0 Å². The molecule has 1 heterocycles. The predicted octanol–water partition coefficient (Wildman–Crippen LogP) is 2.35. The lowest BCUT2D eigenvalue weighted by atomic mass is 10.0. The summed E-state index contributed by atoms with van der Waals surface area (Å²) >= 11 is 0. The molecule has 2 aromatic rings. The predicted molar refractivity (Wildman–Crippen MR) is 94.5 cm³/mol. The first-order valence-electron chi connectivity index (χ1n) is 8.54. The highest BCUT2D eigenvalue weighted by Crippen LogP contribution is 2.21. The van der Waals surface area contributed by atoms with Gasteiger partial charge in [-0.05, 0) is 17.2 Å². The van der Waals surface area contributed by atoms with Crippen LogP contribution in [0, 0.1) is 0 Å². The largest absolute Gasteiger partial charge is 0.491 e. The van der Waals surface area contributed by atoms with Gasteiger partial charge in [-0.3, -0.25) is 4.90 Å². The van der Waals surface area contributed by atoms with Gasteiger partial charge < -0.3 is 14.6 Å². The van der Waals surface area contributed by atoms with Crippen molar-refractivity contribution in [2.75, 3.05) is 39.5 Å². The molecule has 1 aliphatic rings. The van der Waals surface area contributed by atoms with Gasteiger partial charge in [0, 0.05) is 26.1 Å². The van der Waals surface area contributed by atoms with Crippen molar-refractivity contribution >= 4 is 0 Å². The summed E-state index contributed by atoms with van der Waals surface area (Å²) in [5.74, 6) is 0.849. The Balaban J connectivity index is 1.54. The zero-order valence-electron chi connectivity index (χ0n) is 13.9. The summed E-state index contributed by atoms with van der Waals surface area (Å²) in [6, 6.07) is 18.4. The fraction of sp³-hybridized carbons (Fsp3) is 0.400. The molecular formula is C20H25NO3. The molecule has 1 N–H and O–H groups in total. The third kappa shape index (κ3) is 5.06. The molecule has 4 nitrogen and oxygen atoms in total. The zero-order valence-corrected chi connectivity index (χ0v) is 13.9. The van der Waals surface area contributed by atoms with E-state index in [9.17, 15) is 5.11 Å². The molecular weight excluding hydrogens is 302 g/mol. The molecule has 0 saturated carbocycles. The highest BCUT2D eigenvalue weighted by molar-refractivity contribution is 5.37. The Hall–Kier alpha value is -1.88. The molecule has 4 heteroatoms. The fourth-order valence-electron chi connectivity index (χ4n) is 2.93. The maximum absolute atomic E-state index is 10.2. The molecule has 1 aliphatic heterocycles. The molecule has 0 spiro atoms. The number of aliphatic hydroxyl groups is 1. The Labute approximate surface area is 143 Å². The molecule has 0 aliphatic carbocycles. The number of hydrogen-bond donors (Lipinski definition) is 1. The minimum Gasteiger partial charge on any atom is -0.491 e. The van der Waals surface area contributed by atoms with Crippen molar-refractivity contribution in [1.82, 2.24) is 4.90 Å². The van der Waals surface area contributed by atoms with E-state index in [4.69, 9.17) is 9.47 Å². The molecule has 0 radical (unpaired) electrons. The second kappa shape index (κ2) is 8.83. The SMILES string of the molecule is OC(COc1ccccc1Cc1ccccc1)CN1CCOCC1. The summed E-state index contributed by atoms with van der Waals surface area (Å²) < 4.78 is 11.2. The number of ether oxygens (including phenoxy) is 2. The third-order valence-electron chi connectivity index (χ3n) is 4.21. The van der Waals surface area contributed by atoms with E-state index in [1.54, 1.807) is 0 Å². The summed E-state index contributed by atoms with van der Waals surface area (Å²) in [5.41, 5.74) is 2.39. The molecule has 1 unspecified atom stereocenters. The van der Waals surface area contributed by atoms with E-state index in [2.05, 4.69) is 23.1 Å². The Morgan fingerprint density at radius 1 is 1.00 bits per heavy atom. The van der Waals surface area contributed by atoms with E-state index >= 15 is 0 Å². The molecule has 3 rings (SSSR count). The van der Waals surface area contributed by atoms with Gasteiger partial charge in [-0.2, -0.15) is 0 Å². The van der Waals surface area contributed by atoms with E-state index in [-0.39, 0.29) is 0 Å². The second-order valence-corrected chi connectivity index (χ2v) is 6.15. The first kappa shape index (κ1) is 17.0. The quantitative estimate of drug-likeness (QED) is 0.848. The monoisotopic (exact) mass is 327 g/mol. The molecule has 2 aromatic carbocycles. The molecule has 0 bridgehead atoms. The number of benzene rings is 2. The Kier molecular flexibility index (Phi) is 6.24. The van der Waals surface area contributed by atoms with Gasteiger partial charge in [0.15, 0.2) is 0 Å². The molecule has 24 heavy (non-hydrogen) atoms. The summed E-state index contributed by atoms with van der Waals surface area (Å²) in [7, 11) is 0. The third-order valence-corrected chi connectivity index (χ3v) is 4.21. The van der Waals surface area contributed by atoms with Crippen LogP contribution in [-0.2, 0) is 11.2 Å². The number of para-hydroxylation sites is 1. The lowest BCUT2D eigenvalue weighted by Crippen LogP contribution is -2.42. The number of rotatable bonds is 7. The lowest BCUT2D eigenvalue weighted by molar-refractivity contribution is 0.00458. The molecule has 0 aromatic heterocycles. The summed E-state index contributed by atoms with van der Waals surface area (Å²) in [4.78, 5) is 2.22. The van der Waals surface area contributed by atoms with Gasteiger partial charge in [-0.1, -0.05) is 48.5 Å². The first-order chi connectivity index (χ1) is 11.8. The van der Waals surface area contributed by atoms with Crippen LogP contribution in [-0.4, -0.2) is 55.6 Å². The topological polar surface area (TPSA) is 41.9 Å². The molecule has 1 atom stereocenters. The maximum atomic E-state index is 10.2. The minimum absolute atomic E-state index is 0.309. The van der Waals surface area contributed by atoms with Crippen LogP contribution in [0.25, 0.3) is 0 Å². The van der Waals surface area contributed by atoms with Crippen LogP contribution in [0.4, 0.5) is 0 Å². The Morgan fingerprint density at radius 2 is 1.71 bits per heavy atom. The van der Waals surface area contributed by atoms with Gasteiger partial charge in [0.25, 0.3) is 0 Å². The van der Waals surface area contributed by atoms with E-state index < -0.39 is 6.10 Å². The van der Waals surface area contributed by atoms with Crippen molar-refractivity contribution in [1.29, 1.82) is 0 Å². The summed E-state index contributed by atoms with van der Waals surface area (Å²) in [5, 5.41) is 10.2. The van der Waals surface area contributed by atoms with Crippen molar-refractivity contribution < 1.29 is 14.6 Å². The summed E-state index contributed by atoms with van der Waals surface area (Å²) in [6.07, 6.45) is 0.337. The molecule has 0 amide bonds. The number of hydrogen-bond acceptors (Lipinski definition) is 4. The number of nitrogens with zero attached hydrogens (tertiary/aromatic N) is 1. The maximum Gasteiger partial charge on any atom is 0.122 e. The second-order valence-electron chi connectivity index (χ2n) is 6.15. The van der Waals surface area contributed by atoms with E-state index in [0.717, 1.165) is 44.0 Å². The zero-order chi connectivity index (χ0) is 16.6. The number of aliphatic hydroxyl groups excluding tert-OH is 1. The molecule has 128 valence electrons. The lowest BCUT2D eigenvalue weighted by Gasteiger charge is -2.28. The normalized spacial score (nSPS) is 16.7. The van der Waals surface area contributed by atoms with Gasteiger partial charge in [-0.25, -0.2) is 0 Å².